The van der Waals surface area contributed by atoms with E-state index in [1.54, 1.807) is 7.11 Å². The summed E-state index contributed by atoms with van der Waals surface area (Å²) < 4.78 is 47.1. The maximum Gasteiger partial charge on any atom is 0.256 e. The van der Waals surface area contributed by atoms with Crippen molar-refractivity contribution in [2.45, 2.75) is 38.6 Å². The van der Waals surface area contributed by atoms with Gasteiger partial charge in [0, 0.05) is 29.6 Å². The number of carbonyl (C=O) groups excluding carboxylic acids is 1. The molecule has 1 aliphatic rings. The fraction of sp³-hybridized carbons (Fsp3) is 0.391. The number of halogens is 4. The van der Waals surface area contributed by atoms with E-state index in [9.17, 15) is 18.0 Å². The molecule has 0 bridgehead atoms. The van der Waals surface area contributed by atoms with Crippen LogP contribution in [0.4, 0.5) is 19.0 Å². The summed E-state index contributed by atoms with van der Waals surface area (Å²) in [6, 6.07) is 5.50. The highest BCUT2D eigenvalue weighted by Gasteiger charge is 2.29. The standard InChI is InChI=1S/C23H24ClF3N4O2/c1-11-19(25)17(18(24)21(27)20(11)26)23(32)29-13-5-3-12(4-6-13)10-28-22-15-8-7-14(33-2)9-16(15)30-31-22/h7-9,12-13H,3-6,10H2,1-2H3,(H,29,32)(H2,28,30,31). The Morgan fingerprint density at radius 3 is 2.61 bits per heavy atom. The van der Waals surface area contributed by atoms with Crippen molar-refractivity contribution in [1.82, 2.24) is 15.5 Å². The van der Waals surface area contributed by atoms with Crippen LogP contribution in [-0.4, -0.2) is 35.8 Å². The van der Waals surface area contributed by atoms with Gasteiger partial charge in [-0.15, -0.1) is 0 Å². The van der Waals surface area contributed by atoms with Crippen molar-refractivity contribution in [2.75, 3.05) is 19.0 Å². The zero-order chi connectivity index (χ0) is 23.7. The SMILES string of the molecule is COc1ccc2c(NCC3CCC(NC(=O)c4c(F)c(C)c(F)c(F)c4Cl)CC3)n[nH]c2c1. The van der Waals surface area contributed by atoms with Crippen molar-refractivity contribution in [2.24, 2.45) is 5.92 Å². The second-order valence-electron chi connectivity index (χ2n) is 8.31. The lowest BCUT2D eigenvalue weighted by Crippen LogP contribution is -2.39. The molecule has 0 saturated heterocycles. The van der Waals surface area contributed by atoms with Crippen LogP contribution in [0.25, 0.3) is 10.9 Å². The van der Waals surface area contributed by atoms with Crippen molar-refractivity contribution in [3.8, 4) is 5.75 Å². The first-order valence-corrected chi connectivity index (χ1v) is 11.1. The number of aromatic amines is 1. The number of hydrogen-bond acceptors (Lipinski definition) is 4. The van der Waals surface area contributed by atoms with Gasteiger partial charge in [-0.05, 0) is 50.7 Å². The lowest BCUT2D eigenvalue weighted by molar-refractivity contribution is 0.0918. The number of nitrogens with one attached hydrogen (secondary N) is 3. The van der Waals surface area contributed by atoms with Gasteiger partial charge in [-0.25, -0.2) is 13.2 Å². The maximum absolute atomic E-state index is 14.4. The van der Waals surface area contributed by atoms with Gasteiger partial charge in [0.05, 0.1) is 23.2 Å². The molecule has 0 radical (unpaired) electrons. The highest BCUT2D eigenvalue weighted by Crippen LogP contribution is 2.31. The molecule has 3 N–H and O–H groups in total. The van der Waals surface area contributed by atoms with E-state index < -0.39 is 39.5 Å². The molecule has 1 amide bonds. The Morgan fingerprint density at radius 2 is 1.91 bits per heavy atom. The summed E-state index contributed by atoms with van der Waals surface area (Å²) in [5.41, 5.74) is -0.346. The largest absolute Gasteiger partial charge is 0.497 e. The lowest BCUT2D eigenvalue weighted by atomic mass is 9.86. The third-order valence-corrected chi connectivity index (χ3v) is 6.57. The van der Waals surface area contributed by atoms with Crippen LogP contribution in [0.5, 0.6) is 5.75 Å². The number of fused-ring (bicyclic) bond motifs is 1. The minimum atomic E-state index is -1.42. The Morgan fingerprint density at radius 1 is 1.18 bits per heavy atom. The molecule has 6 nitrogen and oxygen atoms in total. The molecule has 0 atom stereocenters. The topological polar surface area (TPSA) is 79.0 Å². The van der Waals surface area contributed by atoms with Crippen molar-refractivity contribution >= 4 is 34.2 Å². The minimum Gasteiger partial charge on any atom is -0.497 e. The first kappa shape index (κ1) is 23.2. The van der Waals surface area contributed by atoms with Crippen LogP contribution in [0.1, 0.15) is 41.6 Å². The van der Waals surface area contributed by atoms with Crippen molar-refractivity contribution in [1.29, 1.82) is 0 Å². The zero-order valence-electron chi connectivity index (χ0n) is 18.2. The number of methoxy groups -OCH3 is 1. The van der Waals surface area contributed by atoms with Crippen LogP contribution in [0.2, 0.25) is 5.02 Å². The highest BCUT2D eigenvalue weighted by molar-refractivity contribution is 6.34. The van der Waals surface area contributed by atoms with E-state index in [0.29, 0.717) is 18.8 Å². The molecule has 0 unspecified atom stereocenters. The van der Waals surface area contributed by atoms with Crippen molar-refractivity contribution in [3.63, 3.8) is 0 Å². The first-order valence-electron chi connectivity index (χ1n) is 10.7. The van der Waals surface area contributed by atoms with Gasteiger partial charge >= 0.3 is 0 Å². The normalized spacial score (nSPS) is 18.4. The van der Waals surface area contributed by atoms with E-state index in [2.05, 4.69) is 20.8 Å². The molecular formula is C23H24ClF3N4O2. The predicted molar refractivity (Wildman–Crippen MR) is 120 cm³/mol. The maximum atomic E-state index is 14.4. The van der Waals surface area contributed by atoms with Gasteiger partial charge < -0.3 is 15.4 Å². The third-order valence-electron chi connectivity index (χ3n) is 6.22. The number of carbonyl (C=O) groups is 1. The third kappa shape index (κ3) is 4.59. The van der Waals surface area contributed by atoms with E-state index in [0.717, 1.165) is 48.8 Å². The fourth-order valence-corrected chi connectivity index (χ4v) is 4.47. The lowest BCUT2D eigenvalue weighted by Gasteiger charge is -2.29. The molecule has 4 rings (SSSR count). The number of hydrogen-bond donors (Lipinski definition) is 3. The first-order chi connectivity index (χ1) is 15.8. The van der Waals surface area contributed by atoms with Crippen LogP contribution in [0.15, 0.2) is 18.2 Å². The Kier molecular flexibility index (Phi) is 6.69. The number of amides is 1. The fourth-order valence-electron chi connectivity index (χ4n) is 4.22. The summed E-state index contributed by atoms with van der Waals surface area (Å²) in [7, 11) is 1.61. The Bertz CT molecular complexity index is 1160. The van der Waals surface area contributed by atoms with Gasteiger partial charge in [0.2, 0.25) is 0 Å². The van der Waals surface area contributed by atoms with Crippen LogP contribution < -0.4 is 15.4 Å². The molecule has 33 heavy (non-hydrogen) atoms. The number of H-pyrrole nitrogens is 1. The molecule has 2 aromatic carbocycles. The quantitative estimate of drug-likeness (QED) is 0.328. The number of benzene rings is 2. The molecule has 1 aliphatic carbocycles. The molecule has 1 saturated carbocycles. The second kappa shape index (κ2) is 9.51. The van der Waals surface area contributed by atoms with Crippen LogP contribution in [0.3, 0.4) is 0 Å². The summed E-state index contributed by atoms with van der Waals surface area (Å²) in [5, 5.41) is 13.5. The molecule has 176 valence electrons. The van der Waals surface area contributed by atoms with Crippen LogP contribution in [-0.2, 0) is 0 Å². The molecule has 1 aromatic heterocycles. The molecule has 0 spiro atoms. The van der Waals surface area contributed by atoms with Crippen LogP contribution >= 0.6 is 11.6 Å². The summed E-state index contributed by atoms with van der Waals surface area (Å²) in [4.78, 5) is 12.5. The van der Waals surface area contributed by atoms with Crippen molar-refractivity contribution in [3.05, 3.63) is 51.8 Å². The average Bonchev–Trinajstić information content (AvgIpc) is 3.23. The van der Waals surface area contributed by atoms with Gasteiger partial charge in [-0.1, -0.05) is 11.6 Å². The molecule has 10 heteroatoms. The van der Waals surface area contributed by atoms with Gasteiger partial charge in [-0.3, -0.25) is 9.89 Å². The molecule has 0 aliphatic heterocycles. The zero-order valence-corrected chi connectivity index (χ0v) is 19.0. The number of anilines is 1. The smallest absolute Gasteiger partial charge is 0.256 e. The molecule has 1 fully saturated rings. The Balaban J connectivity index is 1.32. The molecule has 1 heterocycles. The van der Waals surface area contributed by atoms with Crippen molar-refractivity contribution < 1.29 is 22.7 Å². The summed E-state index contributed by atoms with van der Waals surface area (Å²) in [5.74, 6) is -2.89. The van der Waals surface area contributed by atoms with Gasteiger partial charge in [0.25, 0.3) is 5.91 Å². The predicted octanol–water partition coefficient (Wildman–Crippen LogP) is 5.35. The number of rotatable bonds is 6. The van der Waals surface area contributed by atoms with E-state index in [1.807, 2.05) is 18.2 Å². The van der Waals surface area contributed by atoms with E-state index in [1.165, 1.54) is 0 Å². The van der Waals surface area contributed by atoms with E-state index in [-0.39, 0.29) is 6.04 Å². The Hall–Kier alpha value is -2.94. The second-order valence-corrected chi connectivity index (χ2v) is 8.69. The summed E-state index contributed by atoms with van der Waals surface area (Å²) >= 11 is 5.72. The summed E-state index contributed by atoms with van der Waals surface area (Å²) in [6.45, 7) is 1.79. The average molecular weight is 481 g/mol. The van der Waals surface area contributed by atoms with E-state index >= 15 is 0 Å². The minimum absolute atomic E-state index is 0.198. The summed E-state index contributed by atoms with van der Waals surface area (Å²) in [6.07, 6.45) is 3.03. The number of aromatic nitrogens is 2. The van der Waals surface area contributed by atoms with E-state index in [4.69, 9.17) is 16.3 Å². The van der Waals surface area contributed by atoms with Gasteiger partial charge in [-0.2, -0.15) is 5.10 Å². The Labute approximate surface area is 193 Å². The monoisotopic (exact) mass is 480 g/mol. The molecule has 3 aromatic rings. The highest BCUT2D eigenvalue weighted by atomic mass is 35.5. The molecular weight excluding hydrogens is 457 g/mol. The number of nitrogens with zero attached hydrogens (tertiary/aromatic N) is 1. The van der Waals surface area contributed by atoms with Gasteiger partial charge in [0.1, 0.15) is 11.6 Å². The van der Waals surface area contributed by atoms with Crippen LogP contribution in [0, 0.1) is 30.3 Å². The van der Waals surface area contributed by atoms with Gasteiger partial charge in [0.15, 0.2) is 17.5 Å². The number of ether oxygens (including phenoxy) is 1.